The van der Waals surface area contributed by atoms with Crippen molar-refractivity contribution < 1.29 is 9.15 Å². The molecule has 0 bridgehead atoms. The van der Waals surface area contributed by atoms with Gasteiger partial charge in [0.1, 0.15) is 6.26 Å². The minimum atomic E-state index is 0.433. The van der Waals surface area contributed by atoms with Crippen molar-refractivity contribution in [2.24, 2.45) is 0 Å². The Morgan fingerprint density at radius 3 is 2.11 bits per heavy atom. The maximum atomic E-state index is 6.49. The van der Waals surface area contributed by atoms with E-state index in [1.54, 1.807) is 12.5 Å². The fourth-order valence-electron chi connectivity index (χ4n) is 4.83. The lowest BCUT2D eigenvalue weighted by Crippen LogP contribution is -2.47. The summed E-state index contributed by atoms with van der Waals surface area (Å²) >= 11 is 0. The lowest BCUT2D eigenvalue weighted by molar-refractivity contribution is -0.0598. The molecular weight excluding hydrogens is 350 g/mol. The molecule has 0 spiro atoms. The fraction of sp³-hybridized carbons (Fsp3) is 0.609. The first-order chi connectivity index (χ1) is 13.8. The van der Waals surface area contributed by atoms with Crippen molar-refractivity contribution in [2.45, 2.75) is 63.2 Å². The zero-order chi connectivity index (χ0) is 18.8. The summed E-state index contributed by atoms with van der Waals surface area (Å²) in [6.07, 6.45) is 13.2. The average molecular weight is 382 g/mol. The monoisotopic (exact) mass is 381 g/mol. The van der Waals surface area contributed by atoms with Crippen molar-refractivity contribution in [1.29, 1.82) is 0 Å². The Morgan fingerprint density at radius 2 is 1.54 bits per heavy atom. The van der Waals surface area contributed by atoms with Crippen LogP contribution in [0, 0.1) is 0 Å². The molecule has 0 amide bonds. The highest BCUT2D eigenvalue weighted by Gasteiger charge is 2.30. The number of oxazole rings is 1. The molecule has 3 aliphatic rings. The van der Waals surface area contributed by atoms with E-state index < -0.39 is 0 Å². The molecular formula is C23H31N3O2. The quantitative estimate of drug-likeness (QED) is 0.770. The molecule has 1 saturated carbocycles. The van der Waals surface area contributed by atoms with Crippen LogP contribution >= 0.6 is 0 Å². The fourth-order valence-corrected chi connectivity index (χ4v) is 4.83. The van der Waals surface area contributed by atoms with Crippen molar-refractivity contribution in [1.82, 2.24) is 9.88 Å². The van der Waals surface area contributed by atoms with Crippen LogP contribution in [-0.4, -0.2) is 54.3 Å². The van der Waals surface area contributed by atoms with Crippen molar-refractivity contribution >= 4 is 5.69 Å². The number of hydrogen-bond acceptors (Lipinski definition) is 5. The molecule has 2 saturated heterocycles. The topological polar surface area (TPSA) is 41.7 Å². The molecule has 0 N–H and O–H groups in total. The molecule has 5 heteroatoms. The Labute approximate surface area is 167 Å². The predicted octanol–water partition coefficient (Wildman–Crippen LogP) is 4.34. The van der Waals surface area contributed by atoms with Gasteiger partial charge in [-0.1, -0.05) is 6.42 Å². The van der Waals surface area contributed by atoms with Crippen LogP contribution in [0.25, 0.3) is 11.5 Å². The van der Waals surface area contributed by atoms with Crippen molar-refractivity contribution in [3.63, 3.8) is 0 Å². The zero-order valence-electron chi connectivity index (χ0n) is 16.6. The molecule has 5 nitrogen and oxygen atoms in total. The predicted molar refractivity (Wildman–Crippen MR) is 110 cm³/mol. The van der Waals surface area contributed by atoms with Gasteiger partial charge in [-0.15, -0.1) is 0 Å². The highest BCUT2D eigenvalue weighted by Crippen LogP contribution is 2.30. The molecule has 1 aliphatic carbocycles. The van der Waals surface area contributed by atoms with Crippen LogP contribution in [0.15, 0.2) is 41.1 Å². The molecule has 2 aliphatic heterocycles. The van der Waals surface area contributed by atoms with E-state index in [-0.39, 0.29) is 0 Å². The molecule has 150 valence electrons. The van der Waals surface area contributed by atoms with E-state index in [0.717, 1.165) is 37.5 Å². The first-order valence-electron chi connectivity index (χ1n) is 11.0. The van der Waals surface area contributed by atoms with E-state index >= 15 is 0 Å². The smallest absolute Gasteiger partial charge is 0.225 e. The Balaban J connectivity index is 1.08. The molecule has 1 aromatic heterocycles. The number of rotatable bonds is 5. The highest BCUT2D eigenvalue weighted by atomic mass is 16.5. The van der Waals surface area contributed by atoms with Gasteiger partial charge in [-0.25, -0.2) is 4.98 Å². The average Bonchev–Trinajstić information content (AvgIpc) is 3.24. The minimum absolute atomic E-state index is 0.433. The van der Waals surface area contributed by atoms with Gasteiger partial charge in [0.25, 0.3) is 0 Å². The first-order valence-corrected chi connectivity index (χ1v) is 11.0. The second-order valence-electron chi connectivity index (χ2n) is 8.53. The number of ether oxygens (including phenoxy) is 1. The second-order valence-corrected chi connectivity index (χ2v) is 8.53. The highest BCUT2D eigenvalue weighted by molar-refractivity contribution is 5.59. The van der Waals surface area contributed by atoms with Crippen LogP contribution in [0.4, 0.5) is 5.69 Å². The third kappa shape index (κ3) is 3.96. The van der Waals surface area contributed by atoms with Crippen LogP contribution in [0.2, 0.25) is 0 Å². The summed E-state index contributed by atoms with van der Waals surface area (Å²) in [6, 6.07) is 9.44. The molecule has 28 heavy (non-hydrogen) atoms. The summed E-state index contributed by atoms with van der Waals surface area (Å²) < 4.78 is 11.9. The Bertz CT molecular complexity index is 726. The van der Waals surface area contributed by atoms with Gasteiger partial charge in [-0.2, -0.15) is 0 Å². The maximum Gasteiger partial charge on any atom is 0.225 e. The van der Waals surface area contributed by atoms with E-state index in [4.69, 9.17) is 9.15 Å². The van der Waals surface area contributed by atoms with Crippen molar-refractivity contribution in [3.8, 4) is 11.5 Å². The third-order valence-corrected chi connectivity index (χ3v) is 6.81. The standard InChI is InChI=1S/C23H31N3O2/c1-2-19(3-1)25-13-8-21(9-14-25)28-22-10-15-26(16-11-22)20-6-4-18(5-7-20)23-24-12-17-27-23/h4-7,12,17,19,21-22H,1-3,8-11,13-16H2. The summed E-state index contributed by atoms with van der Waals surface area (Å²) in [6.45, 7) is 4.63. The van der Waals surface area contributed by atoms with E-state index in [1.807, 2.05) is 0 Å². The molecule has 5 rings (SSSR count). The molecule has 1 aromatic carbocycles. The number of hydrogen-bond donors (Lipinski definition) is 0. The third-order valence-electron chi connectivity index (χ3n) is 6.81. The summed E-state index contributed by atoms with van der Waals surface area (Å²) in [5.41, 5.74) is 2.31. The van der Waals surface area contributed by atoms with Crippen LogP contribution in [-0.2, 0) is 4.74 Å². The SMILES string of the molecule is c1coc(-c2ccc(N3CCC(OC4CCN(C5CCC5)CC4)CC3)cc2)n1. The molecule has 3 fully saturated rings. The lowest BCUT2D eigenvalue weighted by Gasteiger charge is -2.43. The van der Waals surface area contributed by atoms with Gasteiger partial charge in [0.15, 0.2) is 0 Å². The van der Waals surface area contributed by atoms with Gasteiger partial charge >= 0.3 is 0 Å². The molecule has 0 unspecified atom stereocenters. The van der Waals surface area contributed by atoms with E-state index in [2.05, 4.69) is 39.0 Å². The van der Waals surface area contributed by atoms with Crippen LogP contribution in [0.3, 0.4) is 0 Å². The number of piperidine rings is 2. The number of anilines is 1. The maximum absolute atomic E-state index is 6.49. The first kappa shape index (κ1) is 18.2. The van der Waals surface area contributed by atoms with Crippen molar-refractivity contribution in [2.75, 3.05) is 31.1 Å². The van der Waals surface area contributed by atoms with E-state index in [1.165, 1.54) is 50.9 Å². The van der Waals surface area contributed by atoms with Gasteiger partial charge in [-0.3, -0.25) is 0 Å². The summed E-state index contributed by atoms with van der Waals surface area (Å²) in [7, 11) is 0. The lowest BCUT2D eigenvalue weighted by atomic mass is 9.89. The number of nitrogens with zero attached hydrogens (tertiary/aromatic N) is 3. The van der Waals surface area contributed by atoms with Crippen LogP contribution in [0.5, 0.6) is 0 Å². The molecule has 0 atom stereocenters. The van der Waals surface area contributed by atoms with Gasteiger partial charge in [0, 0.05) is 43.5 Å². The summed E-state index contributed by atoms with van der Waals surface area (Å²) in [5, 5.41) is 0. The van der Waals surface area contributed by atoms with Gasteiger partial charge in [-0.05, 0) is 62.8 Å². The van der Waals surface area contributed by atoms with Gasteiger partial charge < -0.3 is 19.0 Å². The summed E-state index contributed by atoms with van der Waals surface area (Å²) in [5.74, 6) is 0.682. The second kappa shape index (κ2) is 8.26. The Morgan fingerprint density at radius 1 is 0.857 bits per heavy atom. The van der Waals surface area contributed by atoms with Crippen LogP contribution in [0.1, 0.15) is 44.9 Å². The minimum Gasteiger partial charge on any atom is -0.445 e. The largest absolute Gasteiger partial charge is 0.445 e. The molecule has 3 heterocycles. The number of aromatic nitrogens is 1. The zero-order valence-corrected chi connectivity index (χ0v) is 16.6. The number of likely N-dealkylation sites (tertiary alicyclic amines) is 1. The van der Waals surface area contributed by atoms with Gasteiger partial charge in [0.2, 0.25) is 5.89 Å². The normalized spacial score (nSPS) is 23.1. The van der Waals surface area contributed by atoms with E-state index in [0.29, 0.717) is 18.1 Å². The summed E-state index contributed by atoms with van der Waals surface area (Å²) in [4.78, 5) is 9.39. The number of benzene rings is 1. The van der Waals surface area contributed by atoms with Gasteiger partial charge in [0.05, 0.1) is 18.4 Å². The Kier molecular flexibility index (Phi) is 5.37. The molecule has 0 radical (unpaired) electrons. The molecule has 2 aromatic rings. The van der Waals surface area contributed by atoms with E-state index in [9.17, 15) is 0 Å². The van der Waals surface area contributed by atoms with Crippen LogP contribution < -0.4 is 4.90 Å². The Hall–Kier alpha value is -1.85. The van der Waals surface area contributed by atoms with Crippen molar-refractivity contribution in [3.05, 3.63) is 36.7 Å².